The maximum atomic E-state index is 5.88. The normalized spacial score (nSPS) is 28.3. The van der Waals surface area contributed by atoms with Gasteiger partial charge in [-0.2, -0.15) is 0 Å². The molecule has 3 unspecified atom stereocenters. The molecule has 0 N–H and O–H groups in total. The summed E-state index contributed by atoms with van der Waals surface area (Å²) in [5.74, 6) is 3.54. The van der Waals surface area contributed by atoms with E-state index >= 15 is 0 Å². The smallest absolute Gasteiger partial charge is 0.0498 e. The van der Waals surface area contributed by atoms with Gasteiger partial charge in [-0.15, -0.1) is 0 Å². The molecule has 0 heterocycles. The van der Waals surface area contributed by atoms with E-state index in [-0.39, 0.29) is 0 Å². The van der Waals surface area contributed by atoms with Crippen molar-refractivity contribution in [3.8, 4) is 0 Å². The van der Waals surface area contributed by atoms with E-state index in [1.165, 1.54) is 19.3 Å². The van der Waals surface area contributed by atoms with Gasteiger partial charge in [-0.1, -0.05) is 41.0 Å². The fourth-order valence-corrected chi connectivity index (χ4v) is 2.90. The van der Waals surface area contributed by atoms with E-state index < -0.39 is 0 Å². The van der Waals surface area contributed by atoms with Crippen LogP contribution in [0, 0.1) is 29.6 Å². The summed E-state index contributed by atoms with van der Waals surface area (Å²) in [4.78, 5) is 0. The fraction of sp³-hybridized carbons (Fsp3) is 1.00. The molecular weight excluding hydrogens is 236 g/mol. The molecule has 0 aliphatic heterocycles. The second kappa shape index (κ2) is 8.97. The van der Waals surface area contributed by atoms with Crippen LogP contribution in [0.25, 0.3) is 0 Å². The van der Waals surface area contributed by atoms with Crippen LogP contribution < -0.4 is 0 Å². The highest BCUT2D eigenvalue weighted by molar-refractivity contribution is 4.78. The van der Waals surface area contributed by atoms with E-state index in [9.17, 15) is 0 Å². The quantitative estimate of drug-likeness (QED) is 0.651. The first-order valence-electron chi connectivity index (χ1n) is 8.14. The second-order valence-electron chi connectivity index (χ2n) is 7.30. The third-order valence-corrected chi connectivity index (χ3v) is 3.97. The van der Waals surface area contributed by atoms with Gasteiger partial charge in [-0.3, -0.25) is 0 Å². The van der Waals surface area contributed by atoms with Crippen molar-refractivity contribution < 1.29 is 9.47 Å². The van der Waals surface area contributed by atoms with Gasteiger partial charge in [-0.05, 0) is 42.4 Å². The van der Waals surface area contributed by atoms with Crippen LogP contribution in [0.3, 0.4) is 0 Å². The van der Waals surface area contributed by atoms with Crippen LogP contribution in [0.5, 0.6) is 0 Å². The lowest BCUT2D eigenvalue weighted by Gasteiger charge is -2.35. The van der Waals surface area contributed by atoms with Crippen molar-refractivity contribution in [3.63, 3.8) is 0 Å². The van der Waals surface area contributed by atoms with E-state index in [0.717, 1.165) is 32.3 Å². The molecule has 0 amide bonds. The van der Waals surface area contributed by atoms with Crippen LogP contribution in [0.4, 0.5) is 0 Å². The molecule has 1 fully saturated rings. The van der Waals surface area contributed by atoms with Gasteiger partial charge in [0.1, 0.15) is 0 Å². The summed E-state index contributed by atoms with van der Waals surface area (Å²) in [6.07, 6.45) is 3.99. The van der Waals surface area contributed by atoms with Crippen LogP contribution in [-0.4, -0.2) is 26.4 Å². The Morgan fingerprint density at radius 1 is 0.842 bits per heavy atom. The van der Waals surface area contributed by atoms with Gasteiger partial charge in [0.15, 0.2) is 0 Å². The third kappa shape index (κ3) is 7.31. The van der Waals surface area contributed by atoms with Crippen LogP contribution >= 0.6 is 0 Å². The highest BCUT2D eigenvalue weighted by Gasteiger charge is 2.29. The van der Waals surface area contributed by atoms with Gasteiger partial charge in [-0.25, -0.2) is 0 Å². The molecular formula is C17H34O2. The Labute approximate surface area is 120 Å². The Balaban J connectivity index is 2.32. The molecule has 1 saturated carbocycles. The molecule has 0 spiro atoms. The third-order valence-electron chi connectivity index (χ3n) is 3.97. The molecule has 0 bridgehead atoms. The Morgan fingerprint density at radius 3 is 1.89 bits per heavy atom. The zero-order chi connectivity index (χ0) is 14.3. The Morgan fingerprint density at radius 2 is 1.37 bits per heavy atom. The molecule has 1 aliphatic carbocycles. The first-order valence-corrected chi connectivity index (χ1v) is 8.14. The van der Waals surface area contributed by atoms with Crippen molar-refractivity contribution in [3.05, 3.63) is 0 Å². The maximum Gasteiger partial charge on any atom is 0.0498 e. The van der Waals surface area contributed by atoms with Gasteiger partial charge in [0, 0.05) is 26.4 Å². The van der Waals surface area contributed by atoms with E-state index in [0.29, 0.717) is 23.7 Å². The lowest BCUT2D eigenvalue weighted by Crippen LogP contribution is -2.31. The van der Waals surface area contributed by atoms with Crippen molar-refractivity contribution in [2.45, 2.75) is 53.9 Å². The summed E-state index contributed by atoms with van der Waals surface area (Å²) < 4.78 is 11.8. The maximum absolute atomic E-state index is 5.88. The summed E-state index contributed by atoms with van der Waals surface area (Å²) in [7, 11) is 0. The number of hydrogen-bond donors (Lipinski definition) is 0. The molecule has 1 rings (SSSR count). The molecule has 2 heteroatoms. The van der Waals surface area contributed by atoms with Gasteiger partial charge >= 0.3 is 0 Å². The summed E-state index contributed by atoms with van der Waals surface area (Å²) in [6.45, 7) is 14.9. The summed E-state index contributed by atoms with van der Waals surface area (Å²) in [5, 5.41) is 0. The summed E-state index contributed by atoms with van der Waals surface area (Å²) in [6, 6.07) is 0. The minimum absolute atomic E-state index is 0.636. The molecule has 2 nitrogen and oxygen atoms in total. The molecule has 114 valence electrons. The minimum Gasteiger partial charge on any atom is -0.381 e. The van der Waals surface area contributed by atoms with Crippen molar-refractivity contribution in [1.29, 1.82) is 0 Å². The zero-order valence-electron chi connectivity index (χ0n) is 13.7. The van der Waals surface area contributed by atoms with Gasteiger partial charge in [0.25, 0.3) is 0 Å². The summed E-state index contributed by atoms with van der Waals surface area (Å²) >= 11 is 0. The Hall–Kier alpha value is -0.0800. The molecule has 0 radical (unpaired) electrons. The average Bonchev–Trinajstić information content (AvgIpc) is 2.31. The molecule has 0 aromatic rings. The highest BCUT2D eigenvalue weighted by atomic mass is 16.5. The molecule has 0 saturated heterocycles. The average molecular weight is 270 g/mol. The second-order valence-corrected chi connectivity index (χ2v) is 7.30. The predicted octanol–water partition coefficient (Wildman–Crippen LogP) is 4.38. The van der Waals surface area contributed by atoms with Gasteiger partial charge in [0.05, 0.1) is 0 Å². The lowest BCUT2D eigenvalue weighted by molar-refractivity contribution is -0.00629. The van der Waals surface area contributed by atoms with Crippen molar-refractivity contribution in [1.82, 2.24) is 0 Å². The molecule has 3 atom stereocenters. The monoisotopic (exact) mass is 270 g/mol. The molecule has 0 aromatic heterocycles. The van der Waals surface area contributed by atoms with Crippen molar-refractivity contribution in [2.24, 2.45) is 29.6 Å². The number of hydrogen-bond acceptors (Lipinski definition) is 2. The lowest BCUT2D eigenvalue weighted by atomic mass is 9.75. The minimum atomic E-state index is 0.636. The predicted molar refractivity (Wildman–Crippen MR) is 81.3 cm³/mol. The topological polar surface area (TPSA) is 18.5 Å². The van der Waals surface area contributed by atoms with Crippen LogP contribution in [0.15, 0.2) is 0 Å². The van der Waals surface area contributed by atoms with Crippen LogP contribution in [0.2, 0.25) is 0 Å². The fourth-order valence-electron chi connectivity index (χ4n) is 2.90. The van der Waals surface area contributed by atoms with Crippen molar-refractivity contribution in [2.75, 3.05) is 26.4 Å². The first kappa shape index (κ1) is 17.0. The summed E-state index contributed by atoms with van der Waals surface area (Å²) in [5.41, 5.74) is 0. The molecule has 19 heavy (non-hydrogen) atoms. The number of rotatable bonds is 8. The molecule has 1 aliphatic rings. The Kier molecular flexibility index (Phi) is 8.01. The number of ether oxygens (including phenoxy) is 2. The highest BCUT2D eigenvalue weighted by Crippen LogP contribution is 2.34. The zero-order valence-corrected chi connectivity index (χ0v) is 13.7. The van der Waals surface area contributed by atoms with E-state index in [1.807, 2.05) is 0 Å². The standard InChI is InChI=1S/C17H34O2/c1-13(2)9-18-11-16-7-6-15(5)8-17(16)12-19-10-14(3)4/h13-17H,6-12H2,1-5H3. The van der Waals surface area contributed by atoms with E-state index in [4.69, 9.17) is 9.47 Å². The Bertz CT molecular complexity index is 225. The molecule has 0 aromatic carbocycles. The van der Waals surface area contributed by atoms with Gasteiger partial charge in [0.2, 0.25) is 0 Å². The van der Waals surface area contributed by atoms with Gasteiger partial charge < -0.3 is 9.47 Å². The van der Waals surface area contributed by atoms with E-state index in [1.54, 1.807) is 0 Å². The van der Waals surface area contributed by atoms with Crippen LogP contribution in [0.1, 0.15) is 53.9 Å². The van der Waals surface area contributed by atoms with Crippen molar-refractivity contribution >= 4 is 0 Å². The SMILES string of the molecule is CC(C)COCC1CCC(C)CC1COCC(C)C. The van der Waals surface area contributed by atoms with Crippen LogP contribution in [-0.2, 0) is 9.47 Å². The largest absolute Gasteiger partial charge is 0.381 e. The first-order chi connectivity index (χ1) is 8.99. The van der Waals surface area contributed by atoms with E-state index in [2.05, 4.69) is 34.6 Å².